The van der Waals surface area contributed by atoms with Crippen molar-refractivity contribution in [1.29, 1.82) is 5.26 Å². The summed E-state index contributed by atoms with van der Waals surface area (Å²) in [5.74, 6) is -2.44. The molecular formula is C36H39F4N9O2Si. The van der Waals surface area contributed by atoms with Crippen LogP contribution in [0.25, 0.3) is 33.2 Å². The minimum Gasteiger partial charge on any atom is -0.361 e. The van der Waals surface area contributed by atoms with Gasteiger partial charge in [-0.2, -0.15) is 18.4 Å². The Morgan fingerprint density at radius 1 is 1.08 bits per heavy atom. The van der Waals surface area contributed by atoms with Crippen LogP contribution in [0.5, 0.6) is 0 Å². The Labute approximate surface area is 298 Å². The number of likely N-dealkylation sites (tertiary alicyclic amines) is 2. The maximum absolute atomic E-state index is 14.7. The molecule has 0 aromatic carbocycles. The Balaban J connectivity index is 1.09. The molecule has 0 spiro atoms. The highest BCUT2D eigenvalue weighted by atomic mass is 28.3. The number of aromatic nitrogens is 6. The second kappa shape index (κ2) is 13.7. The van der Waals surface area contributed by atoms with Crippen molar-refractivity contribution in [2.45, 2.75) is 69.4 Å². The Morgan fingerprint density at radius 3 is 2.56 bits per heavy atom. The van der Waals surface area contributed by atoms with Gasteiger partial charge >= 0.3 is 6.18 Å². The number of pyridine rings is 2. The van der Waals surface area contributed by atoms with E-state index in [0.717, 1.165) is 51.5 Å². The molecule has 0 saturated carbocycles. The number of amides is 1. The number of alkyl halides is 3. The zero-order valence-corrected chi connectivity index (χ0v) is 30.2. The molecule has 0 radical (unpaired) electrons. The van der Waals surface area contributed by atoms with Crippen LogP contribution in [0.2, 0.25) is 25.7 Å². The van der Waals surface area contributed by atoms with Crippen LogP contribution in [0, 0.1) is 17.1 Å². The Hall–Kier alpha value is -4.72. The Morgan fingerprint density at radius 2 is 1.85 bits per heavy atom. The number of nitrogens with zero attached hydrogens (tertiary/aromatic N) is 9. The van der Waals surface area contributed by atoms with Crippen molar-refractivity contribution < 1.29 is 27.1 Å². The highest BCUT2D eigenvalue weighted by molar-refractivity contribution is 6.76. The molecule has 5 aromatic heterocycles. The summed E-state index contributed by atoms with van der Waals surface area (Å²) in [7, 11) is -1.22. The van der Waals surface area contributed by atoms with Gasteiger partial charge in [-0.3, -0.25) is 14.7 Å². The largest absolute Gasteiger partial charge is 0.436 e. The maximum Gasteiger partial charge on any atom is 0.436 e. The van der Waals surface area contributed by atoms with Crippen LogP contribution in [0.3, 0.4) is 0 Å². The molecule has 0 bridgehead atoms. The number of hydrogen-bond donors (Lipinski definition) is 0. The smallest absolute Gasteiger partial charge is 0.361 e. The van der Waals surface area contributed by atoms with Crippen LogP contribution in [-0.2, 0) is 23.2 Å². The minimum atomic E-state index is -5.00. The van der Waals surface area contributed by atoms with Crippen LogP contribution in [0.1, 0.15) is 35.3 Å². The van der Waals surface area contributed by atoms with Crippen molar-refractivity contribution in [2.75, 3.05) is 32.8 Å². The lowest BCUT2D eigenvalue weighted by Crippen LogP contribution is -2.66. The van der Waals surface area contributed by atoms with E-state index in [0.29, 0.717) is 39.3 Å². The zero-order valence-electron chi connectivity index (χ0n) is 29.2. The van der Waals surface area contributed by atoms with E-state index in [4.69, 9.17) is 9.72 Å². The van der Waals surface area contributed by atoms with E-state index in [1.807, 2.05) is 29.1 Å². The van der Waals surface area contributed by atoms with E-state index in [-0.39, 0.29) is 25.6 Å². The molecule has 7 heterocycles. The summed E-state index contributed by atoms with van der Waals surface area (Å²) in [4.78, 5) is 33.6. The molecule has 2 fully saturated rings. The van der Waals surface area contributed by atoms with Gasteiger partial charge in [-0.25, -0.2) is 19.3 Å². The third-order valence-electron chi connectivity index (χ3n) is 10.2. The number of rotatable bonds is 10. The summed E-state index contributed by atoms with van der Waals surface area (Å²) in [6.45, 7) is 9.74. The van der Waals surface area contributed by atoms with Gasteiger partial charge in [0, 0.05) is 88.0 Å². The van der Waals surface area contributed by atoms with Crippen LogP contribution in [-0.4, -0.2) is 91.7 Å². The van der Waals surface area contributed by atoms with Gasteiger partial charge in [0.1, 0.15) is 18.7 Å². The van der Waals surface area contributed by atoms with Gasteiger partial charge in [-0.05, 0) is 37.1 Å². The summed E-state index contributed by atoms with van der Waals surface area (Å²) in [5.41, 5.74) is 0.454. The average Bonchev–Trinajstić information content (AvgIpc) is 3.69. The van der Waals surface area contributed by atoms with Crippen molar-refractivity contribution in [3.63, 3.8) is 0 Å². The predicted octanol–water partition coefficient (Wildman–Crippen LogP) is 6.54. The van der Waals surface area contributed by atoms with Gasteiger partial charge < -0.3 is 18.8 Å². The van der Waals surface area contributed by atoms with Gasteiger partial charge in [-0.1, -0.05) is 19.6 Å². The van der Waals surface area contributed by atoms with Crippen molar-refractivity contribution in [3.8, 4) is 17.3 Å². The molecule has 16 heteroatoms. The lowest BCUT2D eigenvalue weighted by atomic mass is 9.83. The molecule has 11 nitrogen and oxygen atoms in total. The summed E-state index contributed by atoms with van der Waals surface area (Å²) >= 11 is 0. The average molecular weight is 734 g/mol. The molecule has 0 aliphatic carbocycles. The molecule has 2 aliphatic rings. The first kappa shape index (κ1) is 35.7. The molecule has 0 N–H and O–H groups in total. The van der Waals surface area contributed by atoms with Crippen LogP contribution in [0.4, 0.5) is 17.6 Å². The lowest BCUT2D eigenvalue weighted by molar-refractivity contribution is -0.143. The van der Waals surface area contributed by atoms with E-state index in [1.54, 1.807) is 12.5 Å². The third-order valence-corrected chi connectivity index (χ3v) is 11.9. The van der Waals surface area contributed by atoms with Gasteiger partial charge in [0.05, 0.1) is 41.0 Å². The topological polar surface area (TPSA) is 118 Å². The fraction of sp³-hybridized carbons (Fsp3) is 0.444. The van der Waals surface area contributed by atoms with Crippen molar-refractivity contribution in [1.82, 2.24) is 38.9 Å². The molecule has 52 heavy (non-hydrogen) atoms. The van der Waals surface area contributed by atoms with Crippen LogP contribution >= 0.6 is 0 Å². The number of piperidine rings is 1. The molecular weight excluding hydrogens is 695 g/mol. The maximum atomic E-state index is 14.7. The highest BCUT2D eigenvalue weighted by Crippen LogP contribution is 2.42. The fourth-order valence-corrected chi connectivity index (χ4v) is 8.15. The minimum absolute atomic E-state index is 0.0810. The molecule has 2 saturated heterocycles. The molecule has 0 unspecified atom stereocenters. The van der Waals surface area contributed by atoms with E-state index in [1.165, 1.54) is 4.90 Å². The van der Waals surface area contributed by atoms with Gasteiger partial charge in [0.25, 0.3) is 5.91 Å². The van der Waals surface area contributed by atoms with Crippen LogP contribution in [0.15, 0.2) is 55.5 Å². The number of carbonyl (C=O) groups is 1. The number of carbonyl (C=O) groups excluding carboxylic acids is 1. The second-order valence-electron chi connectivity index (χ2n) is 14.9. The molecule has 1 amide bonds. The van der Waals surface area contributed by atoms with E-state index in [2.05, 4.69) is 56.3 Å². The lowest BCUT2D eigenvalue weighted by Gasteiger charge is -2.54. The first-order chi connectivity index (χ1) is 24.8. The first-order valence-corrected chi connectivity index (χ1v) is 21.0. The van der Waals surface area contributed by atoms with Gasteiger partial charge in [0.15, 0.2) is 11.5 Å². The van der Waals surface area contributed by atoms with Crippen molar-refractivity contribution in [2.24, 2.45) is 0 Å². The molecule has 2 aliphatic heterocycles. The number of hydrogen-bond acceptors (Lipinski definition) is 8. The van der Waals surface area contributed by atoms with Crippen molar-refractivity contribution in [3.05, 3.63) is 72.6 Å². The van der Waals surface area contributed by atoms with E-state index >= 15 is 0 Å². The number of ether oxygens (including phenoxy) is 1. The van der Waals surface area contributed by atoms with E-state index < -0.39 is 42.8 Å². The molecule has 5 aromatic rings. The Kier molecular flexibility index (Phi) is 9.38. The monoisotopic (exact) mass is 733 g/mol. The van der Waals surface area contributed by atoms with Gasteiger partial charge in [0.2, 0.25) is 0 Å². The summed E-state index contributed by atoms with van der Waals surface area (Å²) < 4.78 is 64.4. The standard InChI is InChI=1S/C36H39F4N9O2Si/c1-52(2,3)17-16-51-23-47-15-8-27-31(44-22-45-33(27)47)28-19-49(29-18-42-11-4-25(28)29)35(9-10-41)20-48(21-35)24-6-13-46(14-7-24)34(50)26-5-12-43-32(30(26)37)36(38,39)40/h4-5,8,11-12,15,18-19,22,24H,6-7,9,13-14,16-17,20-21,23H2,1-3H3. The summed E-state index contributed by atoms with van der Waals surface area (Å²) in [6.07, 6.45) is 6.32. The Bertz CT molecular complexity index is 2160. The number of nitriles is 1. The normalized spacial score (nSPS) is 17.1. The summed E-state index contributed by atoms with van der Waals surface area (Å²) in [6, 6.07) is 8.49. The zero-order chi connectivity index (χ0) is 36.8. The summed E-state index contributed by atoms with van der Waals surface area (Å²) in [5, 5.41) is 11.9. The first-order valence-electron chi connectivity index (χ1n) is 17.3. The highest BCUT2D eigenvalue weighted by Gasteiger charge is 2.48. The third kappa shape index (κ3) is 6.68. The molecule has 0 atom stereocenters. The van der Waals surface area contributed by atoms with Gasteiger partial charge in [-0.15, -0.1) is 0 Å². The quantitative estimate of drug-likeness (QED) is 0.0903. The molecule has 7 rings (SSSR count). The number of halogens is 4. The fourth-order valence-electron chi connectivity index (χ4n) is 7.39. The predicted molar refractivity (Wildman–Crippen MR) is 188 cm³/mol. The number of fused-ring (bicyclic) bond motifs is 2. The van der Waals surface area contributed by atoms with Crippen molar-refractivity contribution >= 4 is 35.9 Å². The second-order valence-corrected chi connectivity index (χ2v) is 20.5. The van der Waals surface area contributed by atoms with Crippen LogP contribution < -0.4 is 0 Å². The SMILES string of the molecule is C[Si](C)(C)CCOCn1ccc2c(-c3cn(C4(CC#N)CN(C5CCN(C(=O)c6ccnc(C(F)(F)F)c6F)CC5)C4)c4cnccc34)ncnc21. The molecule has 272 valence electrons. The van der Waals surface area contributed by atoms with E-state index in [9.17, 15) is 27.6 Å².